The van der Waals surface area contributed by atoms with Gasteiger partial charge in [0.25, 0.3) is 0 Å². The van der Waals surface area contributed by atoms with Gasteiger partial charge in [-0.3, -0.25) is 0 Å². The van der Waals surface area contributed by atoms with Gasteiger partial charge in [0.05, 0.1) is 7.11 Å². The van der Waals surface area contributed by atoms with Gasteiger partial charge in [-0.15, -0.1) is 0 Å². The Morgan fingerprint density at radius 2 is 1.76 bits per heavy atom. The van der Waals surface area contributed by atoms with Crippen LogP contribution in [0, 0.1) is 0 Å². The van der Waals surface area contributed by atoms with Crippen LogP contribution in [0.25, 0.3) is 0 Å². The molecule has 0 saturated carbocycles. The highest BCUT2D eigenvalue weighted by molar-refractivity contribution is 5.35. The molecular formula is C13H21NO3. The van der Waals surface area contributed by atoms with Crippen molar-refractivity contribution < 1.29 is 14.2 Å². The van der Waals surface area contributed by atoms with Crippen LogP contribution in [0.3, 0.4) is 0 Å². The highest BCUT2D eigenvalue weighted by atomic mass is 16.7. The molecule has 0 fully saturated rings. The molecule has 1 aromatic carbocycles. The lowest BCUT2D eigenvalue weighted by molar-refractivity contribution is -0.0997. The molecule has 1 rings (SSSR count). The molecule has 0 saturated heterocycles. The summed E-state index contributed by atoms with van der Waals surface area (Å²) in [6.45, 7) is 2.71. The predicted octanol–water partition coefficient (Wildman–Crippen LogP) is 1.96. The minimum Gasteiger partial charge on any atom is -0.496 e. The summed E-state index contributed by atoms with van der Waals surface area (Å²) in [4.78, 5) is 0. The van der Waals surface area contributed by atoms with Gasteiger partial charge >= 0.3 is 0 Å². The third-order valence-electron chi connectivity index (χ3n) is 2.72. The SMILES string of the molecule is COc1ccccc1C(C)NCC(OC)OC. The standard InChI is InChI=1S/C13H21NO3/c1-10(14-9-13(16-3)17-4)11-7-5-6-8-12(11)15-2/h5-8,10,13-14H,9H2,1-4H3. The van der Waals surface area contributed by atoms with Gasteiger partial charge < -0.3 is 19.5 Å². The van der Waals surface area contributed by atoms with Crippen molar-refractivity contribution in [1.82, 2.24) is 5.32 Å². The van der Waals surface area contributed by atoms with Crippen LogP contribution in [0.5, 0.6) is 5.75 Å². The van der Waals surface area contributed by atoms with Gasteiger partial charge in [0.2, 0.25) is 0 Å². The summed E-state index contributed by atoms with van der Waals surface area (Å²) in [6, 6.07) is 8.14. The smallest absolute Gasteiger partial charge is 0.169 e. The molecule has 0 aliphatic heterocycles. The van der Waals surface area contributed by atoms with Gasteiger partial charge in [0, 0.05) is 32.4 Å². The van der Waals surface area contributed by atoms with Crippen molar-refractivity contribution in [1.29, 1.82) is 0 Å². The summed E-state index contributed by atoms with van der Waals surface area (Å²) in [7, 11) is 4.94. The highest BCUT2D eigenvalue weighted by Crippen LogP contribution is 2.24. The second-order valence-corrected chi connectivity index (χ2v) is 3.77. The van der Waals surface area contributed by atoms with E-state index in [2.05, 4.69) is 12.2 Å². The molecule has 96 valence electrons. The van der Waals surface area contributed by atoms with Crippen LogP contribution in [0.1, 0.15) is 18.5 Å². The zero-order valence-corrected chi connectivity index (χ0v) is 10.9. The Labute approximate surface area is 103 Å². The Bertz CT molecular complexity index is 326. The van der Waals surface area contributed by atoms with Crippen LogP contribution in [-0.4, -0.2) is 34.2 Å². The molecule has 1 unspecified atom stereocenters. The van der Waals surface area contributed by atoms with Crippen LogP contribution in [0.2, 0.25) is 0 Å². The molecule has 17 heavy (non-hydrogen) atoms. The number of ether oxygens (including phenoxy) is 3. The lowest BCUT2D eigenvalue weighted by Gasteiger charge is -2.20. The first-order valence-electron chi connectivity index (χ1n) is 5.64. The third kappa shape index (κ3) is 4.00. The van der Waals surface area contributed by atoms with Crippen LogP contribution in [0.15, 0.2) is 24.3 Å². The second-order valence-electron chi connectivity index (χ2n) is 3.77. The zero-order chi connectivity index (χ0) is 12.7. The van der Waals surface area contributed by atoms with Crippen molar-refractivity contribution in [3.63, 3.8) is 0 Å². The molecule has 0 spiro atoms. The van der Waals surface area contributed by atoms with E-state index in [0.29, 0.717) is 6.54 Å². The minimum atomic E-state index is -0.229. The molecule has 0 amide bonds. The van der Waals surface area contributed by atoms with Crippen molar-refractivity contribution in [2.24, 2.45) is 0 Å². The first kappa shape index (κ1) is 14.0. The third-order valence-corrected chi connectivity index (χ3v) is 2.72. The molecule has 0 heterocycles. The number of hydrogen-bond donors (Lipinski definition) is 1. The summed E-state index contributed by atoms with van der Waals surface area (Å²) in [5, 5.41) is 3.35. The molecule has 1 atom stereocenters. The monoisotopic (exact) mass is 239 g/mol. The number of nitrogens with one attached hydrogen (secondary N) is 1. The normalized spacial score (nSPS) is 12.8. The Balaban J connectivity index is 2.60. The summed E-state index contributed by atoms with van der Waals surface area (Å²) in [5.74, 6) is 0.888. The van der Waals surface area contributed by atoms with Gasteiger partial charge in [0.1, 0.15) is 5.75 Å². The van der Waals surface area contributed by atoms with E-state index in [1.807, 2.05) is 24.3 Å². The van der Waals surface area contributed by atoms with Gasteiger partial charge in [0.15, 0.2) is 6.29 Å². The van der Waals surface area contributed by atoms with Gasteiger partial charge in [-0.1, -0.05) is 18.2 Å². The van der Waals surface area contributed by atoms with Gasteiger partial charge in [-0.2, -0.15) is 0 Å². The van der Waals surface area contributed by atoms with E-state index in [0.717, 1.165) is 11.3 Å². The predicted molar refractivity (Wildman–Crippen MR) is 67.2 cm³/mol. The highest BCUT2D eigenvalue weighted by Gasteiger charge is 2.12. The molecule has 1 N–H and O–H groups in total. The van der Waals surface area contributed by atoms with E-state index in [-0.39, 0.29) is 12.3 Å². The molecule has 0 aromatic heterocycles. The summed E-state index contributed by atoms with van der Waals surface area (Å²) in [5.41, 5.74) is 1.13. The Morgan fingerprint density at radius 3 is 2.35 bits per heavy atom. The van der Waals surface area contributed by atoms with Crippen molar-refractivity contribution in [2.45, 2.75) is 19.3 Å². The fraction of sp³-hybridized carbons (Fsp3) is 0.538. The van der Waals surface area contributed by atoms with Crippen LogP contribution in [-0.2, 0) is 9.47 Å². The topological polar surface area (TPSA) is 39.7 Å². The van der Waals surface area contributed by atoms with E-state index < -0.39 is 0 Å². The number of methoxy groups -OCH3 is 3. The van der Waals surface area contributed by atoms with Crippen molar-refractivity contribution >= 4 is 0 Å². The molecule has 0 bridgehead atoms. The molecule has 0 aliphatic rings. The molecule has 4 nitrogen and oxygen atoms in total. The largest absolute Gasteiger partial charge is 0.496 e. The number of hydrogen-bond acceptors (Lipinski definition) is 4. The molecule has 0 aliphatic carbocycles. The molecular weight excluding hydrogens is 218 g/mol. The average molecular weight is 239 g/mol. The van der Waals surface area contributed by atoms with E-state index in [1.165, 1.54) is 0 Å². The second kappa shape index (κ2) is 7.27. The Hall–Kier alpha value is -1.10. The maximum Gasteiger partial charge on any atom is 0.169 e. The maximum absolute atomic E-state index is 5.32. The summed E-state index contributed by atoms with van der Waals surface area (Å²) in [6.07, 6.45) is -0.229. The maximum atomic E-state index is 5.32. The fourth-order valence-corrected chi connectivity index (χ4v) is 1.67. The van der Waals surface area contributed by atoms with Gasteiger partial charge in [-0.05, 0) is 13.0 Å². The quantitative estimate of drug-likeness (QED) is 0.738. The zero-order valence-electron chi connectivity index (χ0n) is 10.9. The van der Waals surface area contributed by atoms with Crippen LogP contribution in [0.4, 0.5) is 0 Å². The molecule has 4 heteroatoms. The van der Waals surface area contributed by atoms with Gasteiger partial charge in [-0.25, -0.2) is 0 Å². The number of benzene rings is 1. The van der Waals surface area contributed by atoms with E-state index >= 15 is 0 Å². The van der Waals surface area contributed by atoms with Crippen molar-refractivity contribution in [3.05, 3.63) is 29.8 Å². The van der Waals surface area contributed by atoms with E-state index in [4.69, 9.17) is 14.2 Å². The first-order chi connectivity index (χ1) is 8.22. The summed E-state index contributed by atoms with van der Waals surface area (Å²) >= 11 is 0. The Kier molecular flexibility index (Phi) is 5.97. The lowest BCUT2D eigenvalue weighted by atomic mass is 10.1. The van der Waals surface area contributed by atoms with E-state index in [1.54, 1.807) is 21.3 Å². The first-order valence-corrected chi connectivity index (χ1v) is 5.64. The minimum absolute atomic E-state index is 0.180. The molecule has 1 aromatic rings. The van der Waals surface area contributed by atoms with Crippen LogP contribution < -0.4 is 10.1 Å². The van der Waals surface area contributed by atoms with Crippen LogP contribution >= 0.6 is 0 Å². The lowest BCUT2D eigenvalue weighted by Crippen LogP contribution is -2.31. The molecule has 0 radical (unpaired) electrons. The number of rotatable bonds is 7. The van der Waals surface area contributed by atoms with E-state index in [9.17, 15) is 0 Å². The Morgan fingerprint density at radius 1 is 1.12 bits per heavy atom. The fourth-order valence-electron chi connectivity index (χ4n) is 1.67. The summed E-state index contributed by atoms with van der Waals surface area (Å²) < 4.78 is 15.6. The van der Waals surface area contributed by atoms with Crippen molar-refractivity contribution in [3.8, 4) is 5.75 Å². The number of para-hydroxylation sites is 1. The average Bonchev–Trinajstić information content (AvgIpc) is 2.39. The van der Waals surface area contributed by atoms with Crippen molar-refractivity contribution in [2.75, 3.05) is 27.9 Å².